The van der Waals surface area contributed by atoms with Crippen molar-refractivity contribution in [3.05, 3.63) is 47.2 Å². The highest BCUT2D eigenvalue weighted by molar-refractivity contribution is 8.24. The number of rotatable bonds is 7. The number of nitrogens with one attached hydrogen (secondary N) is 1. The second-order valence-corrected chi connectivity index (χ2v) is 11.8. The van der Waals surface area contributed by atoms with Gasteiger partial charge in [0.05, 0.1) is 23.6 Å². The molecule has 8 nitrogen and oxygen atoms in total. The standard InChI is InChI=1S/C24H35N3O5S/c28-22-21(17-27(24(22)30)12-4-11-26-13-15-33(31,32)16-14-26)23(29)25-20-9-7-19(8-10-20)18-5-2-1-3-6-18/h1-3,5-6,19-20,28,31-32H,4,7-17H2,(H,25,29)/t19-,20+. The number of carbonyl (C=O) groups is 2. The number of aliphatic hydroxyl groups is 1. The highest BCUT2D eigenvalue weighted by Gasteiger charge is 2.35. The van der Waals surface area contributed by atoms with Crippen LogP contribution in [0.3, 0.4) is 0 Å². The van der Waals surface area contributed by atoms with E-state index in [0.29, 0.717) is 43.5 Å². The monoisotopic (exact) mass is 477 g/mol. The largest absolute Gasteiger partial charge is 0.503 e. The van der Waals surface area contributed by atoms with Crippen LogP contribution in [0.5, 0.6) is 0 Å². The molecule has 1 saturated heterocycles. The predicted octanol–water partition coefficient (Wildman–Crippen LogP) is 2.94. The van der Waals surface area contributed by atoms with Crippen LogP contribution in [-0.2, 0) is 9.59 Å². The van der Waals surface area contributed by atoms with Gasteiger partial charge >= 0.3 is 0 Å². The zero-order chi connectivity index (χ0) is 23.4. The van der Waals surface area contributed by atoms with Crippen LogP contribution < -0.4 is 5.32 Å². The maximum atomic E-state index is 12.8. The summed E-state index contributed by atoms with van der Waals surface area (Å²) in [5.74, 6) is 0.0550. The van der Waals surface area contributed by atoms with E-state index >= 15 is 0 Å². The molecule has 2 heterocycles. The van der Waals surface area contributed by atoms with Gasteiger partial charge in [0.1, 0.15) is 0 Å². The Morgan fingerprint density at radius 1 is 1.03 bits per heavy atom. The number of amides is 2. The van der Waals surface area contributed by atoms with Crippen LogP contribution in [0.25, 0.3) is 0 Å². The summed E-state index contributed by atoms with van der Waals surface area (Å²) < 4.78 is 19.4. The lowest BCUT2D eigenvalue weighted by atomic mass is 9.82. The first-order valence-electron chi connectivity index (χ1n) is 11.9. The van der Waals surface area contributed by atoms with Crippen LogP contribution >= 0.6 is 10.6 Å². The number of carbonyl (C=O) groups excluding carboxylic acids is 2. The van der Waals surface area contributed by atoms with Crippen molar-refractivity contribution in [3.63, 3.8) is 0 Å². The quantitative estimate of drug-likeness (QED) is 0.480. The summed E-state index contributed by atoms with van der Waals surface area (Å²) in [6.07, 6.45) is 4.50. The van der Waals surface area contributed by atoms with Gasteiger partial charge in [-0.15, -0.1) is 0 Å². The molecule has 4 N–H and O–H groups in total. The van der Waals surface area contributed by atoms with Crippen LogP contribution in [0.4, 0.5) is 0 Å². The summed E-state index contributed by atoms with van der Waals surface area (Å²) in [4.78, 5) is 28.9. The number of benzene rings is 1. The molecule has 4 rings (SSSR count). The highest BCUT2D eigenvalue weighted by atomic mass is 32.3. The van der Waals surface area contributed by atoms with Crippen molar-refractivity contribution in [1.82, 2.24) is 15.1 Å². The molecule has 0 unspecified atom stereocenters. The second-order valence-electron chi connectivity index (χ2n) is 9.39. The zero-order valence-corrected chi connectivity index (χ0v) is 19.8. The Balaban J connectivity index is 1.20. The van der Waals surface area contributed by atoms with E-state index in [9.17, 15) is 23.8 Å². The zero-order valence-electron chi connectivity index (χ0n) is 19.0. The Hall–Kier alpha value is -2.07. The van der Waals surface area contributed by atoms with Crippen molar-refractivity contribution in [2.75, 3.05) is 44.2 Å². The lowest BCUT2D eigenvalue weighted by Crippen LogP contribution is -2.40. The van der Waals surface area contributed by atoms with E-state index < -0.39 is 22.3 Å². The van der Waals surface area contributed by atoms with Crippen molar-refractivity contribution in [3.8, 4) is 0 Å². The van der Waals surface area contributed by atoms with Crippen LogP contribution in [0.15, 0.2) is 41.7 Å². The average Bonchev–Trinajstić information content (AvgIpc) is 3.10. The number of nitrogens with zero attached hydrogens (tertiary/aromatic N) is 2. The molecule has 0 bridgehead atoms. The second kappa shape index (κ2) is 10.5. The van der Waals surface area contributed by atoms with Crippen molar-refractivity contribution >= 4 is 22.4 Å². The van der Waals surface area contributed by atoms with E-state index in [1.54, 1.807) is 0 Å². The Kier molecular flexibility index (Phi) is 7.63. The molecule has 182 valence electrons. The summed E-state index contributed by atoms with van der Waals surface area (Å²) in [5.41, 5.74) is 1.51. The Morgan fingerprint density at radius 3 is 2.36 bits per heavy atom. The van der Waals surface area contributed by atoms with Crippen molar-refractivity contribution < 1.29 is 23.8 Å². The minimum Gasteiger partial charge on any atom is -0.503 e. The van der Waals surface area contributed by atoms with Crippen molar-refractivity contribution in [2.45, 2.75) is 44.1 Å². The molecule has 1 aliphatic carbocycles. The first kappa shape index (κ1) is 24.1. The number of aliphatic hydroxyl groups excluding tert-OH is 1. The third-order valence-electron chi connectivity index (χ3n) is 7.10. The van der Waals surface area contributed by atoms with Gasteiger partial charge in [0, 0.05) is 25.7 Å². The third kappa shape index (κ3) is 6.09. The summed E-state index contributed by atoms with van der Waals surface area (Å²) >= 11 is 0. The van der Waals surface area contributed by atoms with Gasteiger partial charge in [-0.1, -0.05) is 30.3 Å². The van der Waals surface area contributed by atoms with Crippen LogP contribution in [-0.4, -0.2) is 86.1 Å². The molecular formula is C24H35N3O5S. The van der Waals surface area contributed by atoms with Gasteiger partial charge in [-0.2, -0.15) is 10.6 Å². The molecule has 0 atom stereocenters. The molecule has 0 radical (unpaired) electrons. The molecule has 1 aromatic carbocycles. The smallest absolute Gasteiger partial charge is 0.289 e. The predicted molar refractivity (Wildman–Crippen MR) is 129 cm³/mol. The molecule has 0 spiro atoms. The lowest BCUT2D eigenvalue weighted by Gasteiger charge is -2.41. The van der Waals surface area contributed by atoms with E-state index in [0.717, 1.165) is 32.2 Å². The summed E-state index contributed by atoms with van der Waals surface area (Å²) in [6.45, 7) is 2.61. The molecule has 33 heavy (non-hydrogen) atoms. The van der Waals surface area contributed by atoms with E-state index in [2.05, 4.69) is 34.5 Å². The summed E-state index contributed by atoms with van der Waals surface area (Å²) in [6, 6.07) is 10.5. The minimum atomic E-state index is -2.41. The molecule has 1 saturated carbocycles. The molecular weight excluding hydrogens is 442 g/mol. The third-order valence-corrected chi connectivity index (χ3v) is 8.78. The van der Waals surface area contributed by atoms with Gasteiger partial charge in [0.15, 0.2) is 5.76 Å². The van der Waals surface area contributed by atoms with Gasteiger partial charge < -0.3 is 20.2 Å². The molecule has 9 heteroatoms. The average molecular weight is 478 g/mol. The maximum absolute atomic E-state index is 12.8. The molecule has 0 aromatic heterocycles. The van der Waals surface area contributed by atoms with Crippen molar-refractivity contribution in [2.24, 2.45) is 0 Å². The highest BCUT2D eigenvalue weighted by Crippen LogP contribution is 2.40. The van der Waals surface area contributed by atoms with Crippen LogP contribution in [0, 0.1) is 0 Å². The van der Waals surface area contributed by atoms with Gasteiger partial charge in [0.25, 0.3) is 11.8 Å². The molecule has 1 aromatic rings. The summed E-state index contributed by atoms with van der Waals surface area (Å²) in [7, 11) is -2.41. The molecule has 3 aliphatic rings. The first-order valence-corrected chi connectivity index (χ1v) is 13.7. The Morgan fingerprint density at radius 2 is 1.70 bits per heavy atom. The fraction of sp³-hybridized carbons (Fsp3) is 0.583. The van der Waals surface area contributed by atoms with Gasteiger partial charge in [-0.25, -0.2) is 0 Å². The minimum absolute atomic E-state index is 0.0633. The Bertz CT molecular complexity index is 873. The van der Waals surface area contributed by atoms with E-state index in [1.807, 2.05) is 6.07 Å². The fourth-order valence-corrected chi connectivity index (χ4v) is 6.32. The van der Waals surface area contributed by atoms with E-state index in [4.69, 9.17) is 0 Å². The SMILES string of the molecule is O=C(N[C@H]1CC[C@@H](c2ccccc2)CC1)C1=C(O)C(=O)N(CCCN2CCS(O)(O)CC2)C1. The molecule has 2 amide bonds. The van der Waals surface area contributed by atoms with Gasteiger partial charge in [0.2, 0.25) is 0 Å². The van der Waals surface area contributed by atoms with Gasteiger partial charge in [-0.05, 0) is 50.1 Å². The molecule has 2 aliphatic heterocycles. The normalized spacial score (nSPS) is 27.0. The summed E-state index contributed by atoms with van der Waals surface area (Å²) in [5, 5.41) is 13.3. The topological polar surface area (TPSA) is 113 Å². The number of hydrogen-bond donors (Lipinski definition) is 4. The number of hydrogen-bond acceptors (Lipinski definition) is 6. The van der Waals surface area contributed by atoms with E-state index in [1.165, 1.54) is 10.5 Å². The first-order chi connectivity index (χ1) is 15.8. The Labute approximate surface area is 197 Å². The van der Waals surface area contributed by atoms with E-state index in [-0.39, 0.29) is 24.1 Å². The van der Waals surface area contributed by atoms with Crippen molar-refractivity contribution in [1.29, 1.82) is 0 Å². The van der Waals surface area contributed by atoms with Crippen LogP contribution in [0.1, 0.15) is 43.6 Å². The fourth-order valence-electron chi connectivity index (χ4n) is 5.02. The lowest BCUT2D eigenvalue weighted by molar-refractivity contribution is -0.127. The maximum Gasteiger partial charge on any atom is 0.289 e. The van der Waals surface area contributed by atoms with Gasteiger partial charge in [-0.3, -0.25) is 18.7 Å². The molecule has 2 fully saturated rings. The van der Waals surface area contributed by atoms with Crippen LogP contribution in [0.2, 0.25) is 0 Å².